The second kappa shape index (κ2) is 3.85. The van der Waals surface area contributed by atoms with Crippen LogP contribution in [0.25, 0.3) is 0 Å². The minimum Gasteiger partial charge on any atom is -0.468 e. The molecule has 10 heavy (non-hydrogen) atoms. The van der Waals surface area contributed by atoms with E-state index in [0.717, 1.165) is 5.76 Å². The van der Waals surface area contributed by atoms with Crippen molar-refractivity contribution in [1.82, 2.24) is 5.32 Å². The van der Waals surface area contributed by atoms with E-state index < -0.39 is 0 Å². The molecule has 0 amide bonds. The van der Waals surface area contributed by atoms with Gasteiger partial charge in [-0.3, -0.25) is 4.79 Å². The molecular formula is C7H8NO2. The lowest BCUT2D eigenvalue weighted by molar-refractivity contribution is 0.488. The number of hydrogen-bond acceptors (Lipinski definition) is 3. The topological polar surface area (TPSA) is 42.2 Å². The van der Waals surface area contributed by atoms with Crippen molar-refractivity contribution in [2.24, 2.45) is 0 Å². The molecule has 0 saturated heterocycles. The summed E-state index contributed by atoms with van der Waals surface area (Å²) in [5, 5.41) is 2.82. The molecular weight excluding hydrogens is 130 g/mol. The van der Waals surface area contributed by atoms with Crippen molar-refractivity contribution < 1.29 is 9.21 Å². The molecule has 1 aromatic heterocycles. The average Bonchev–Trinajstić information content (AvgIpc) is 2.41. The summed E-state index contributed by atoms with van der Waals surface area (Å²) in [6.45, 7) is 0.836. The maximum atomic E-state index is 9.72. The molecule has 0 saturated carbocycles. The predicted molar refractivity (Wildman–Crippen MR) is 36.1 cm³/mol. The lowest BCUT2D eigenvalue weighted by atomic mass is 10.4. The molecule has 1 heterocycles. The van der Waals surface area contributed by atoms with Crippen molar-refractivity contribution in [3.63, 3.8) is 0 Å². The van der Waals surface area contributed by atoms with Crippen LogP contribution in [0.5, 0.6) is 0 Å². The Labute approximate surface area is 59.0 Å². The molecule has 0 aliphatic carbocycles. The number of rotatable bonds is 4. The molecule has 1 rings (SSSR count). The standard InChI is InChI=1S/C7H8NO2/c9-4-3-8-6-7-2-1-5-10-7/h1-2,5,8H,3,6H2. The zero-order valence-electron chi connectivity index (χ0n) is 5.46. The lowest BCUT2D eigenvalue weighted by Crippen LogP contribution is -2.14. The van der Waals surface area contributed by atoms with Gasteiger partial charge in [-0.05, 0) is 12.1 Å². The summed E-state index contributed by atoms with van der Waals surface area (Å²) in [7, 11) is 0. The van der Waals surface area contributed by atoms with Gasteiger partial charge >= 0.3 is 0 Å². The second-order valence-corrected chi connectivity index (χ2v) is 1.83. The minimum absolute atomic E-state index is 0.251. The molecule has 0 bridgehead atoms. The maximum Gasteiger partial charge on any atom is 0.213 e. The van der Waals surface area contributed by atoms with Gasteiger partial charge in [-0.25, -0.2) is 0 Å². The van der Waals surface area contributed by atoms with Crippen LogP contribution in [-0.4, -0.2) is 12.8 Å². The monoisotopic (exact) mass is 138 g/mol. The number of furan rings is 1. The normalized spacial score (nSPS) is 9.60. The summed E-state index contributed by atoms with van der Waals surface area (Å²) in [4.78, 5) is 9.72. The van der Waals surface area contributed by atoms with E-state index in [1.165, 1.54) is 0 Å². The first-order chi connectivity index (χ1) is 4.93. The fourth-order valence-electron chi connectivity index (χ4n) is 0.650. The van der Waals surface area contributed by atoms with Crippen LogP contribution < -0.4 is 5.32 Å². The molecule has 0 spiro atoms. The van der Waals surface area contributed by atoms with Gasteiger partial charge in [0, 0.05) is 0 Å². The molecule has 1 N–H and O–H groups in total. The Morgan fingerprint density at radius 1 is 1.70 bits per heavy atom. The Morgan fingerprint density at radius 3 is 3.20 bits per heavy atom. The summed E-state index contributed by atoms with van der Waals surface area (Å²) < 4.78 is 4.99. The Morgan fingerprint density at radius 2 is 2.60 bits per heavy atom. The van der Waals surface area contributed by atoms with Gasteiger partial charge in [0.25, 0.3) is 0 Å². The van der Waals surface area contributed by atoms with Crippen LogP contribution in [0, 0.1) is 0 Å². The Balaban J connectivity index is 2.21. The van der Waals surface area contributed by atoms with Crippen molar-refractivity contribution in [2.75, 3.05) is 6.54 Å². The zero-order valence-corrected chi connectivity index (χ0v) is 5.46. The van der Waals surface area contributed by atoms with Gasteiger partial charge in [-0.1, -0.05) is 0 Å². The van der Waals surface area contributed by atoms with Crippen molar-refractivity contribution in [3.05, 3.63) is 24.2 Å². The van der Waals surface area contributed by atoms with Crippen LogP contribution in [0.15, 0.2) is 22.8 Å². The van der Waals surface area contributed by atoms with E-state index >= 15 is 0 Å². The summed E-state index contributed by atoms with van der Waals surface area (Å²) in [6, 6.07) is 3.65. The molecule has 0 atom stereocenters. The second-order valence-electron chi connectivity index (χ2n) is 1.83. The zero-order chi connectivity index (χ0) is 7.23. The van der Waals surface area contributed by atoms with Crippen LogP contribution in [0.3, 0.4) is 0 Å². The lowest BCUT2D eigenvalue weighted by Gasteiger charge is -1.93. The third kappa shape index (κ3) is 2.03. The molecule has 0 aliphatic rings. The van der Waals surface area contributed by atoms with Gasteiger partial charge in [0.15, 0.2) is 0 Å². The Bertz CT molecular complexity index is 181. The minimum atomic E-state index is 0.251. The van der Waals surface area contributed by atoms with E-state index in [2.05, 4.69) is 5.32 Å². The molecule has 0 aromatic carbocycles. The maximum absolute atomic E-state index is 9.72. The summed E-state index contributed by atoms with van der Waals surface area (Å²) in [5.41, 5.74) is 0. The highest BCUT2D eigenvalue weighted by Gasteiger charge is 1.91. The van der Waals surface area contributed by atoms with E-state index in [4.69, 9.17) is 4.42 Å². The van der Waals surface area contributed by atoms with Crippen LogP contribution in [-0.2, 0) is 11.3 Å². The fraction of sp³-hybridized carbons (Fsp3) is 0.286. The Kier molecular flexibility index (Phi) is 2.70. The van der Waals surface area contributed by atoms with Gasteiger partial charge in [0.2, 0.25) is 6.29 Å². The van der Waals surface area contributed by atoms with Crippen molar-refractivity contribution >= 4 is 6.29 Å². The van der Waals surface area contributed by atoms with E-state index in [1.54, 1.807) is 12.5 Å². The van der Waals surface area contributed by atoms with Crippen LogP contribution in [0.2, 0.25) is 0 Å². The molecule has 0 fully saturated rings. The van der Waals surface area contributed by atoms with Gasteiger partial charge in [-0.15, -0.1) is 0 Å². The summed E-state index contributed by atoms with van der Waals surface area (Å²) >= 11 is 0. The number of hydrogen-bond donors (Lipinski definition) is 1. The molecule has 53 valence electrons. The van der Waals surface area contributed by atoms with E-state index in [0.29, 0.717) is 6.54 Å². The van der Waals surface area contributed by atoms with Crippen molar-refractivity contribution in [2.45, 2.75) is 6.54 Å². The molecule has 0 aliphatic heterocycles. The summed E-state index contributed by atoms with van der Waals surface area (Å²) in [6.07, 6.45) is 3.33. The smallest absolute Gasteiger partial charge is 0.213 e. The molecule has 1 aromatic rings. The largest absolute Gasteiger partial charge is 0.468 e. The van der Waals surface area contributed by atoms with Gasteiger partial charge in [-0.2, -0.15) is 0 Å². The van der Waals surface area contributed by atoms with Gasteiger partial charge in [0.05, 0.1) is 19.4 Å². The highest BCUT2D eigenvalue weighted by molar-refractivity contribution is 5.52. The van der Waals surface area contributed by atoms with Crippen LogP contribution >= 0.6 is 0 Å². The third-order valence-corrected chi connectivity index (χ3v) is 1.08. The van der Waals surface area contributed by atoms with Crippen LogP contribution in [0.1, 0.15) is 5.76 Å². The average molecular weight is 138 g/mol. The first-order valence-electron chi connectivity index (χ1n) is 3.01. The van der Waals surface area contributed by atoms with Gasteiger partial charge < -0.3 is 9.73 Å². The first-order valence-corrected chi connectivity index (χ1v) is 3.01. The van der Waals surface area contributed by atoms with Gasteiger partial charge in [0.1, 0.15) is 5.76 Å². The quantitative estimate of drug-likeness (QED) is 0.615. The highest BCUT2D eigenvalue weighted by atomic mass is 16.3. The summed E-state index contributed by atoms with van der Waals surface area (Å²) in [5.74, 6) is 0.829. The van der Waals surface area contributed by atoms with Crippen molar-refractivity contribution in [3.8, 4) is 0 Å². The molecule has 3 heteroatoms. The molecule has 1 radical (unpaired) electrons. The van der Waals surface area contributed by atoms with E-state index in [9.17, 15) is 4.79 Å². The van der Waals surface area contributed by atoms with E-state index in [-0.39, 0.29) is 6.54 Å². The van der Waals surface area contributed by atoms with Crippen LogP contribution in [0.4, 0.5) is 0 Å². The fourth-order valence-corrected chi connectivity index (χ4v) is 0.650. The van der Waals surface area contributed by atoms with Crippen molar-refractivity contribution in [1.29, 1.82) is 0 Å². The number of carbonyl (C=O) groups excluding carboxylic acids is 1. The van der Waals surface area contributed by atoms with E-state index in [1.807, 2.05) is 12.1 Å². The SMILES string of the molecule is O=[C]CNCc1ccco1. The number of nitrogens with one attached hydrogen (secondary N) is 1. The predicted octanol–water partition coefficient (Wildman–Crippen LogP) is 0.479. The highest BCUT2D eigenvalue weighted by Crippen LogP contribution is 1.97. The molecule has 0 unspecified atom stereocenters. The first kappa shape index (κ1) is 7.02. The molecule has 3 nitrogen and oxygen atoms in total. The third-order valence-electron chi connectivity index (χ3n) is 1.08. The Hall–Kier alpha value is -1.09.